The van der Waals surface area contributed by atoms with Crippen molar-refractivity contribution in [2.24, 2.45) is 0 Å². The molecule has 0 saturated carbocycles. The second kappa shape index (κ2) is 5.91. The molecule has 2 rings (SSSR count). The number of hydrogen-bond acceptors (Lipinski definition) is 3. The van der Waals surface area contributed by atoms with Gasteiger partial charge in [0.1, 0.15) is 11.6 Å². The molecule has 0 unspecified atom stereocenters. The van der Waals surface area contributed by atoms with E-state index in [1.165, 1.54) is 18.2 Å². The van der Waals surface area contributed by atoms with Gasteiger partial charge in [-0.2, -0.15) is 0 Å². The van der Waals surface area contributed by atoms with Gasteiger partial charge in [0, 0.05) is 16.9 Å². The summed E-state index contributed by atoms with van der Waals surface area (Å²) in [5, 5.41) is 2.70. The Labute approximate surface area is 123 Å². The molecule has 0 spiro atoms. The van der Waals surface area contributed by atoms with Gasteiger partial charge in [-0.1, -0.05) is 19.9 Å². The molecule has 0 aliphatic carbocycles. The van der Waals surface area contributed by atoms with Crippen LogP contribution < -0.4 is 11.1 Å². The summed E-state index contributed by atoms with van der Waals surface area (Å²) in [7, 11) is 0. The van der Waals surface area contributed by atoms with Gasteiger partial charge in [-0.25, -0.2) is 9.37 Å². The lowest BCUT2D eigenvalue weighted by molar-refractivity contribution is 0.102. The van der Waals surface area contributed by atoms with Crippen LogP contribution in [0.5, 0.6) is 0 Å². The number of carbonyl (C=O) groups excluding carboxylic acids is 1. The molecule has 0 bridgehead atoms. The lowest BCUT2D eigenvalue weighted by Gasteiger charge is -2.11. The summed E-state index contributed by atoms with van der Waals surface area (Å²) < 4.78 is 13.3. The molecule has 3 N–H and O–H groups in total. The Morgan fingerprint density at radius 2 is 2.00 bits per heavy atom. The van der Waals surface area contributed by atoms with Crippen LogP contribution >= 0.6 is 0 Å². The van der Waals surface area contributed by atoms with Crippen molar-refractivity contribution in [1.82, 2.24) is 4.98 Å². The summed E-state index contributed by atoms with van der Waals surface area (Å²) in [5.41, 5.74) is 8.12. The average molecular weight is 287 g/mol. The fourth-order valence-corrected chi connectivity index (χ4v) is 1.92. The number of halogens is 1. The first kappa shape index (κ1) is 15.0. The topological polar surface area (TPSA) is 68.0 Å². The summed E-state index contributed by atoms with van der Waals surface area (Å²) in [4.78, 5) is 16.5. The monoisotopic (exact) mass is 287 g/mol. The van der Waals surface area contributed by atoms with Gasteiger partial charge in [-0.3, -0.25) is 4.79 Å². The number of hydrogen-bond donors (Lipinski definition) is 2. The summed E-state index contributed by atoms with van der Waals surface area (Å²) in [5.74, 6) is -0.272. The number of amides is 1. The summed E-state index contributed by atoms with van der Waals surface area (Å²) in [6.45, 7) is 5.75. The molecule has 0 fully saturated rings. The van der Waals surface area contributed by atoms with Crippen LogP contribution in [0.25, 0.3) is 0 Å². The van der Waals surface area contributed by atoms with Crippen molar-refractivity contribution in [3.63, 3.8) is 0 Å². The standard InChI is InChI=1S/C16H18FN3O/c1-9(2)13-6-11(7-15(18)19-13)16(21)20-14-8-12(17)5-4-10(14)3/h4-9H,1-3H3,(H2,18,19)(H,20,21). The maximum atomic E-state index is 13.3. The molecule has 0 aliphatic heterocycles. The minimum Gasteiger partial charge on any atom is -0.384 e. The number of rotatable bonds is 3. The largest absolute Gasteiger partial charge is 0.384 e. The number of aromatic nitrogens is 1. The average Bonchev–Trinajstić information content (AvgIpc) is 2.42. The lowest BCUT2D eigenvalue weighted by Crippen LogP contribution is -2.14. The fraction of sp³-hybridized carbons (Fsp3) is 0.250. The van der Waals surface area contributed by atoms with Gasteiger partial charge in [0.15, 0.2) is 0 Å². The first-order valence-corrected chi connectivity index (χ1v) is 6.72. The van der Waals surface area contributed by atoms with Gasteiger partial charge < -0.3 is 11.1 Å². The van der Waals surface area contributed by atoms with E-state index in [4.69, 9.17) is 5.73 Å². The molecule has 1 aromatic carbocycles. The fourth-order valence-electron chi connectivity index (χ4n) is 1.92. The third-order valence-electron chi connectivity index (χ3n) is 3.17. The highest BCUT2D eigenvalue weighted by Crippen LogP contribution is 2.20. The number of nitrogens with one attached hydrogen (secondary N) is 1. The second-order valence-corrected chi connectivity index (χ2v) is 5.27. The minimum atomic E-state index is -0.395. The van der Waals surface area contributed by atoms with E-state index in [1.54, 1.807) is 19.1 Å². The maximum absolute atomic E-state index is 13.3. The Balaban J connectivity index is 2.30. The van der Waals surface area contributed by atoms with Gasteiger partial charge in [0.25, 0.3) is 5.91 Å². The predicted molar refractivity (Wildman–Crippen MR) is 81.8 cm³/mol. The van der Waals surface area contributed by atoms with Crippen molar-refractivity contribution in [3.05, 3.63) is 53.0 Å². The maximum Gasteiger partial charge on any atom is 0.255 e. The zero-order valence-electron chi connectivity index (χ0n) is 12.3. The zero-order valence-corrected chi connectivity index (χ0v) is 12.3. The van der Waals surface area contributed by atoms with Gasteiger partial charge in [0.2, 0.25) is 0 Å². The molecule has 0 aliphatic rings. The lowest BCUT2D eigenvalue weighted by atomic mass is 10.1. The Hall–Kier alpha value is -2.43. The molecule has 110 valence electrons. The molecule has 0 atom stereocenters. The Kier molecular flexibility index (Phi) is 4.21. The molecular formula is C16H18FN3O. The van der Waals surface area contributed by atoms with Gasteiger partial charge in [-0.15, -0.1) is 0 Å². The molecule has 2 aromatic rings. The van der Waals surface area contributed by atoms with Crippen LogP contribution in [0, 0.1) is 12.7 Å². The van der Waals surface area contributed by atoms with Crippen LogP contribution in [0.2, 0.25) is 0 Å². The molecule has 1 aromatic heterocycles. The molecule has 1 amide bonds. The van der Waals surface area contributed by atoms with Gasteiger partial charge >= 0.3 is 0 Å². The summed E-state index contributed by atoms with van der Waals surface area (Å²) >= 11 is 0. The SMILES string of the molecule is Cc1ccc(F)cc1NC(=O)c1cc(N)nc(C(C)C)c1. The van der Waals surface area contributed by atoms with Crippen LogP contribution in [0.3, 0.4) is 0 Å². The van der Waals surface area contributed by atoms with Crippen LogP contribution in [-0.4, -0.2) is 10.9 Å². The third-order valence-corrected chi connectivity index (χ3v) is 3.17. The Morgan fingerprint density at radius 3 is 2.67 bits per heavy atom. The van der Waals surface area contributed by atoms with Gasteiger partial charge in [0.05, 0.1) is 0 Å². The number of benzene rings is 1. The molecule has 21 heavy (non-hydrogen) atoms. The molecule has 0 radical (unpaired) electrons. The highest BCUT2D eigenvalue weighted by atomic mass is 19.1. The number of pyridine rings is 1. The van der Waals surface area contributed by atoms with Crippen molar-refractivity contribution < 1.29 is 9.18 Å². The van der Waals surface area contributed by atoms with Crippen molar-refractivity contribution >= 4 is 17.4 Å². The van der Waals surface area contributed by atoms with Crippen molar-refractivity contribution in [2.75, 3.05) is 11.1 Å². The van der Waals surface area contributed by atoms with Crippen LogP contribution in [0.4, 0.5) is 15.9 Å². The van der Waals surface area contributed by atoms with E-state index < -0.39 is 5.82 Å². The number of nitrogens with zero attached hydrogens (tertiary/aromatic N) is 1. The highest BCUT2D eigenvalue weighted by molar-refractivity contribution is 6.05. The number of nitrogens with two attached hydrogens (primary N) is 1. The van der Waals surface area contributed by atoms with Crippen LogP contribution in [0.1, 0.15) is 41.4 Å². The number of nitrogen functional groups attached to an aromatic ring is 1. The normalized spacial score (nSPS) is 10.7. The quantitative estimate of drug-likeness (QED) is 0.908. The smallest absolute Gasteiger partial charge is 0.255 e. The van der Waals surface area contributed by atoms with E-state index in [2.05, 4.69) is 10.3 Å². The second-order valence-electron chi connectivity index (χ2n) is 5.27. The van der Waals surface area contributed by atoms with Crippen molar-refractivity contribution in [3.8, 4) is 0 Å². The van der Waals surface area contributed by atoms with E-state index in [0.717, 1.165) is 11.3 Å². The van der Waals surface area contributed by atoms with E-state index in [-0.39, 0.29) is 11.8 Å². The first-order chi connectivity index (χ1) is 9.86. The minimum absolute atomic E-state index is 0.163. The molecular weight excluding hydrogens is 269 g/mol. The number of anilines is 2. The zero-order chi connectivity index (χ0) is 15.6. The summed E-state index contributed by atoms with van der Waals surface area (Å²) in [6.07, 6.45) is 0. The molecule has 0 saturated heterocycles. The highest BCUT2D eigenvalue weighted by Gasteiger charge is 2.12. The van der Waals surface area contributed by atoms with Gasteiger partial charge in [-0.05, 0) is 42.7 Å². The number of aryl methyl sites for hydroxylation is 1. The van der Waals surface area contributed by atoms with Crippen LogP contribution in [0.15, 0.2) is 30.3 Å². The van der Waals surface area contributed by atoms with E-state index in [1.807, 2.05) is 13.8 Å². The summed E-state index contributed by atoms with van der Waals surface area (Å²) in [6, 6.07) is 7.47. The first-order valence-electron chi connectivity index (χ1n) is 6.72. The van der Waals surface area contributed by atoms with E-state index in [0.29, 0.717) is 17.1 Å². The van der Waals surface area contributed by atoms with Crippen molar-refractivity contribution in [1.29, 1.82) is 0 Å². The predicted octanol–water partition coefficient (Wildman–Crippen LogP) is 3.49. The molecule has 1 heterocycles. The van der Waals surface area contributed by atoms with Crippen molar-refractivity contribution in [2.45, 2.75) is 26.7 Å². The van der Waals surface area contributed by atoms with E-state index >= 15 is 0 Å². The Morgan fingerprint density at radius 1 is 1.29 bits per heavy atom. The third kappa shape index (κ3) is 3.56. The molecule has 5 heteroatoms. The van der Waals surface area contributed by atoms with Crippen LogP contribution in [-0.2, 0) is 0 Å². The molecule has 4 nitrogen and oxygen atoms in total. The van der Waals surface area contributed by atoms with E-state index in [9.17, 15) is 9.18 Å². The number of carbonyl (C=O) groups is 1. The Bertz CT molecular complexity index is 683.